The van der Waals surface area contributed by atoms with Crippen LogP contribution in [-0.2, 0) is 6.42 Å². The van der Waals surface area contributed by atoms with Gasteiger partial charge in [-0.25, -0.2) is 14.1 Å². The monoisotopic (exact) mass is 375 g/mol. The highest BCUT2D eigenvalue weighted by molar-refractivity contribution is 5.90. The fourth-order valence-electron chi connectivity index (χ4n) is 3.37. The van der Waals surface area contributed by atoms with Crippen LogP contribution in [0.5, 0.6) is 0 Å². The molecule has 0 bridgehead atoms. The second kappa shape index (κ2) is 7.76. The summed E-state index contributed by atoms with van der Waals surface area (Å²) in [7, 11) is 0. The van der Waals surface area contributed by atoms with Crippen LogP contribution in [0, 0.1) is 5.82 Å². The predicted octanol–water partition coefficient (Wildman–Crippen LogP) is 4.39. The molecule has 28 heavy (non-hydrogen) atoms. The van der Waals surface area contributed by atoms with Crippen LogP contribution in [-0.4, -0.2) is 32.8 Å². The summed E-state index contributed by atoms with van der Waals surface area (Å²) < 4.78 is 16.5. The van der Waals surface area contributed by atoms with Crippen molar-refractivity contribution in [1.82, 2.24) is 19.7 Å². The van der Waals surface area contributed by atoms with Gasteiger partial charge in [-0.1, -0.05) is 30.3 Å². The lowest BCUT2D eigenvalue weighted by atomic mass is 10.0. The van der Waals surface area contributed by atoms with Gasteiger partial charge in [0.05, 0.1) is 5.52 Å². The highest BCUT2D eigenvalue weighted by Crippen LogP contribution is 2.28. The van der Waals surface area contributed by atoms with Crippen molar-refractivity contribution in [3.8, 4) is 5.95 Å². The Morgan fingerprint density at radius 1 is 1.00 bits per heavy atom. The number of nitrogens with zero attached hydrogens (tertiary/aromatic N) is 5. The first-order valence-corrected chi connectivity index (χ1v) is 9.48. The topological polar surface area (TPSA) is 46.8 Å². The minimum Gasteiger partial charge on any atom is -0.356 e. The van der Waals surface area contributed by atoms with Gasteiger partial charge in [0, 0.05) is 43.4 Å². The van der Waals surface area contributed by atoms with Crippen LogP contribution in [0.1, 0.15) is 25.0 Å². The molecule has 6 heteroatoms. The molecule has 0 aliphatic rings. The van der Waals surface area contributed by atoms with Crippen LogP contribution < -0.4 is 4.90 Å². The molecule has 0 spiro atoms. The van der Waals surface area contributed by atoms with Crippen molar-refractivity contribution in [3.05, 3.63) is 77.9 Å². The molecule has 4 aromatic rings. The highest BCUT2D eigenvalue weighted by atomic mass is 19.1. The van der Waals surface area contributed by atoms with Crippen LogP contribution in [0.3, 0.4) is 0 Å². The number of halogens is 1. The summed E-state index contributed by atoms with van der Waals surface area (Å²) in [4.78, 5) is 11.5. The number of hydrogen-bond donors (Lipinski definition) is 0. The van der Waals surface area contributed by atoms with E-state index in [0.717, 1.165) is 29.9 Å². The number of anilines is 1. The third kappa shape index (κ3) is 3.45. The zero-order valence-corrected chi connectivity index (χ0v) is 16.0. The molecule has 0 amide bonds. The zero-order valence-electron chi connectivity index (χ0n) is 16.0. The van der Waals surface area contributed by atoms with Gasteiger partial charge in [-0.3, -0.25) is 0 Å². The number of aromatic nitrogens is 4. The van der Waals surface area contributed by atoms with Crippen molar-refractivity contribution in [1.29, 1.82) is 0 Å². The zero-order chi connectivity index (χ0) is 19.5. The molecule has 0 saturated carbocycles. The van der Waals surface area contributed by atoms with Gasteiger partial charge >= 0.3 is 0 Å². The van der Waals surface area contributed by atoms with Gasteiger partial charge in [0.2, 0.25) is 0 Å². The SMILES string of the molecule is CCN(CC)c1nc(-n2cccn2)nc2cc(F)c(Cc3ccccc3)cc12. The Kier molecular flexibility index (Phi) is 5.02. The normalized spacial score (nSPS) is 11.1. The van der Waals surface area contributed by atoms with E-state index < -0.39 is 0 Å². The van der Waals surface area contributed by atoms with E-state index in [1.165, 1.54) is 6.07 Å². The second-order valence-electron chi connectivity index (χ2n) is 6.59. The quantitative estimate of drug-likeness (QED) is 0.501. The van der Waals surface area contributed by atoms with Crippen LogP contribution in [0.15, 0.2) is 60.9 Å². The predicted molar refractivity (Wildman–Crippen MR) is 109 cm³/mol. The van der Waals surface area contributed by atoms with Crippen molar-refractivity contribution in [2.45, 2.75) is 20.3 Å². The number of benzene rings is 2. The number of rotatable bonds is 6. The molecule has 0 saturated heterocycles. The van der Waals surface area contributed by atoms with Gasteiger partial charge in [-0.2, -0.15) is 10.1 Å². The average Bonchev–Trinajstić information content (AvgIpc) is 3.25. The molecule has 0 aliphatic carbocycles. The van der Waals surface area contributed by atoms with Crippen molar-refractivity contribution in [3.63, 3.8) is 0 Å². The molecule has 5 nitrogen and oxygen atoms in total. The molecule has 0 atom stereocenters. The molecule has 4 rings (SSSR count). The van der Waals surface area contributed by atoms with Gasteiger partial charge in [0.1, 0.15) is 11.6 Å². The molecule has 0 fully saturated rings. The van der Waals surface area contributed by atoms with Gasteiger partial charge in [-0.15, -0.1) is 0 Å². The molecular weight excluding hydrogens is 353 g/mol. The second-order valence-corrected chi connectivity index (χ2v) is 6.59. The fourth-order valence-corrected chi connectivity index (χ4v) is 3.37. The van der Waals surface area contributed by atoms with Gasteiger partial charge in [0.15, 0.2) is 0 Å². The minimum absolute atomic E-state index is 0.257. The molecular formula is C22H22FN5. The third-order valence-electron chi connectivity index (χ3n) is 4.84. The first-order chi connectivity index (χ1) is 13.7. The van der Waals surface area contributed by atoms with Crippen molar-refractivity contribution < 1.29 is 4.39 Å². The molecule has 2 heterocycles. The van der Waals surface area contributed by atoms with E-state index in [2.05, 4.69) is 28.8 Å². The maximum absolute atomic E-state index is 14.9. The smallest absolute Gasteiger partial charge is 0.253 e. The maximum atomic E-state index is 14.9. The lowest BCUT2D eigenvalue weighted by Gasteiger charge is -2.22. The maximum Gasteiger partial charge on any atom is 0.253 e. The molecule has 142 valence electrons. The van der Waals surface area contributed by atoms with Crippen molar-refractivity contribution in [2.75, 3.05) is 18.0 Å². The fraction of sp³-hybridized carbons (Fsp3) is 0.227. The first kappa shape index (κ1) is 18.1. The lowest BCUT2D eigenvalue weighted by molar-refractivity contribution is 0.615. The molecule has 0 N–H and O–H groups in total. The van der Waals surface area contributed by atoms with E-state index in [9.17, 15) is 4.39 Å². The van der Waals surface area contributed by atoms with Crippen LogP contribution in [0.4, 0.5) is 10.2 Å². The molecule has 0 radical (unpaired) electrons. The van der Waals surface area contributed by atoms with Crippen molar-refractivity contribution >= 4 is 16.7 Å². The Morgan fingerprint density at radius 2 is 1.79 bits per heavy atom. The Labute approximate surface area is 163 Å². The summed E-state index contributed by atoms with van der Waals surface area (Å²) in [5, 5.41) is 5.07. The number of fused-ring (bicyclic) bond motifs is 1. The van der Waals surface area contributed by atoms with Crippen LogP contribution >= 0.6 is 0 Å². The molecule has 2 aromatic heterocycles. The summed E-state index contributed by atoms with van der Waals surface area (Å²) in [6.07, 6.45) is 3.99. The minimum atomic E-state index is -0.257. The van der Waals surface area contributed by atoms with E-state index in [1.54, 1.807) is 17.1 Å². The third-order valence-corrected chi connectivity index (χ3v) is 4.84. The van der Waals surface area contributed by atoms with Crippen LogP contribution in [0.2, 0.25) is 0 Å². The van der Waals surface area contributed by atoms with Crippen LogP contribution in [0.25, 0.3) is 16.9 Å². The Hall–Kier alpha value is -3.28. The summed E-state index contributed by atoms with van der Waals surface area (Å²) in [5.74, 6) is 0.983. The molecule has 0 aliphatic heterocycles. The summed E-state index contributed by atoms with van der Waals surface area (Å²) in [6.45, 7) is 5.76. The standard InChI is InChI=1S/C22H22FN5/c1-3-27(4-2)21-18-14-17(13-16-9-6-5-7-10-16)19(23)15-20(18)25-22(26-21)28-12-8-11-24-28/h5-12,14-15H,3-4,13H2,1-2H3. The molecule has 2 aromatic carbocycles. The Morgan fingerprint density at radius 3 is 2.46 bits per heavy atom. The Balaban J connectivity index is 1.89. The first-order valence-electron chi connectivity index (χ1n) is 9.48. The van der Waals surface area contributed by atoms with E-state index in [1.807, 2.05) is 42.5 Å². The van der Waals surface area contributed by atoms with E-state index >= 15 is 0 Å². The summed E-state index contributed by atoms with van der Waals surface area (Å²) in [5.41, 5.74) is 2.29. The van der Waals surface area contributed by atoms with E-state index in [-0.39, 0.29) is 5.82 Å². The molecule has 0 unspecified atom stereocenters. The summed E-state index contributed by atoms with van der Waals surface area (Å²) >= 11 is 0. The number of hydrogen-bond acceptors (Lipinski definition) is 4. The average molecular weight is 375 g/mol. The van der Waals surface area contributed by atoms with Crippen molar-refractivity contribution in [2.24, 2.45) is 0 Å². The van der Waals surface area contributed by atoms with E-state index in [4.69, 9.17) is 4.98 Å². The van der Waals surface area contributed by atoms with Gasteiger partial charge in [-0.05, 0) is 37.1 Å². The van der Waals surface area contributed by atoms with E-state index in [0.29, 0.717) is 23.4 Å². The summed E-state index contributed by atoms with van der Waals surface area (Å²) in [6, 6.07) is 15.1. The van der Waals surface area contributed by atoms with Gasteiger partial charge < -0.3 is 4.90 Å². The lowest BCUT2D eigenvalue weighted by Crippen LogP contribution is -2.24. The highest BCUT2D eigenvalue weighted by Gasteiger charge is 2.16. The Bertz CT molecular complexity index is 1070. The van der Waals surface area contributed by atoms with Gasteiger partial charge in [0.25, 0.3) is 5.95 Å². The largest absolute Gasteiger partial charge is 0.356 e.